The predicted molar refractivity (Wildman–Crippen MR) is 106 cm³/mol. The highest BCUT2D eigenvalue weighted by Gasteiger charge is 2.30. The second-order valence-corrected chi connectivity index (χ2v) is 7.75. The fourth-order valence-electron chi connectivity index (χ4n) is 4.27. The highest BCUT2D eigenvalue weighted by molar-refractivity contribution is 5.87. The molecule has 2 aromatic heterocycles. The van der Waals surface area contributed by atoms with Crippen LogP contribution in [0.3, 0.4) is 0 Å². The molecular formula is C22H23N5O. The SMILES string of the molecule is CC1CC(c2ccc(C#N)c3ncccc23)CN(C(=O)Cc2cnn(C)c2)C1. The molecule has 1 aliphatic heterocycles. The van der Waals surface area contributed by atoms with Gasteiger partial charge in [-0.15, -0.1) is 0 Å². The smallest absolute Gasteiger partial charge is 0.227 e. The first-order valence-electron chi connectivity index (χ1n) is 9.58. The van der Waals surface area contributed by atoms with Crippen LogP contribution in [0.2, 0.25) is 0 Å². The van der Waals surface area contributed by atoms with Crippen molar-refractivity contribution in [3.63, 3.8) is 0 Å². The molecule has 6 heteroatoms. The molecule has 142 valence electrons. The normalized spacial score (nSPS) is 19.5. The van der Waals surface area contributed by atoms with Gasteiger partial charge in [0.15, 0.2) is 0 Å². The van der Waals surface area contributed by atoms with Gasteiger partial charge in [-0.25, -0.2) is 0 Å². The first-order valence-corrected chi connectivity index (χ1v) is 9.58. The average Bonchev–Trinajstić information content (AvgIpc) is 3.11. The topological polar surface area (TPSA) is 74.8 Å². The van der Waals surface area contributed by atoms with Crippen LogP contribution in [0.4, 0.5) is 0 Å². The zero-order chi connectivity index (χ0) is 19.7. The van der Waals surface area contributed by atoms with E-state index in [9.17, 15) is 10.1 Å². The van der Waals surface area contributed by atoms with Crippen molar-refractivity contribution in [2.75, 3.05) is 13.1 Å². The molecule has 3 aromatic rings. The van der Waals surface area contributed by atoms with Crippen molar-refractivity contribution in [3.05, 3.63) is 59.5 Å². The molecule has 3 heterocycles. The van der Waals surface area contributed by atoms with E-state index in [0.717, 1.165) is 29.4 Å². The summed E-state index contributed by atoms with van der Waals surface area (Å²) in [6.07, 6.45) is 6.76. The minimum atomic E-state index is 0.139. The molecule has 6 nitrogen and oxygen atoms in total. The fourth-order valence-corrected chi connectivity index (χ4v) is 4.27. The number of nitriles is 1. The summed E-state index contributed by atoms with van der Waals surface area (Å²) in [5.41, 5.74) is 3.45. The molecule has 0 spiro atoms. The summed E-state index contributed by atoms with van der Waals surface area (Å²) in [7, 11) is 1.86. The maximum Gasteiger partial charge on any atom is 0.227 e. The molecular weight excluding hydrogens is 350 g/mol. The molecule has 1 aromatic carbocycles. The Kier molecular flexibility index (Phi) is 4.82. The molecule has 0 saturated carbocycles. The van der Waals surface area contributed by atoms with Gasteiger partial charge in [0.1, 0.15) is 6.07 Å². The number of aryl methyl sites for hydroxylation is 1. The predicted octanol–water partition coefficient (Wildman–Crippen LogP) is 3.03. The van der Waals surface area contributed by atoms with E-state index >= 15 is 0 Å². The molecule has 4 rings (SSSR count). The third-order valence-corrected chi connectivity index (χ3v) is 5.49. The summed E-state index contributed by atoms with van der Waals surface area (Å²) < 4.78 is 1.72. The standard InChI is InChI=1S/C22H23N5O/c1-15-8-18(14-27(12-15)21(28)9-16-11-25-26(2)13-16)19-6-5-17(10-23)22-20(19)4-3-7-24-22/h3-7,11,13,15,18H,8-9,12,14H2,1-2H3. The number of benzene rings is 1. The Balaban J connectivity index is 1.61. The summed E-state index contributed by atoms with van der Waals surface area (Å²) in [6, 6.07) is 10.1. The fraction of sp³-hybridized carbons (Fsp3) is 0.364. The van der Waals surface area contributed by atoms with Crippen molar-refractivity contribution in [3.8, 4) is 6.07 Å². The number of likely N-dealkylation sites (tertiary alicyclic amines) is 1. The summed E-state index contributed by atoms with van der Waals surface area (Å²) in [6.45, 7) is 3.67. The quantitative estimate of drug-likeness (QED) is 0.707. The third-order valence-electron chi connectivity index (χ3n) is 5.49. The van der Waals surface area contributed by atoms with E-state index in [4.69, 9.17) is 0 Å². The van der Waals surface area contributed by atoms with Gasteiger partial charge in [0.25, 0.3) is 0 Å². The van der Waals surface area contributed by atoms with E-state index < -0.39 is 0 Å². The minimum absolute atomic E-state index is 0.139. The van der Waals surface area contributed by atoms with Crippen LogP contribution in [0.25, 0.3) is 10.9 Å². The summed E-state index contributed by atoms with van der Waals surface area (Å²) in [5, 5.41) is 14.6. The summed E-state index contributed by atoms with van der Waals surface area (Å²) in [4.78, 5) is 19.3. The molecule has 0 radical (unpaired) electrons. The van der Waals surface area contributed by atoms with Crippen LogP contribution in [0, 0.1) is 17.2 Å². The van der Waals surface area contributed by atoms with Gasteiger partial charge in [0, 0.05) is 43.8 Å². The van der Waals surface area contributed by atoms with Gasteiger partial charge in [0.05, 0.1) is 23.7 Å². The van der Waals surface area contributed by atoms with Gasteiger partial charge in [0.2, 0.25) is 5.91 Å². The number of pyridine rings is 1. The van der Waals surface area contributed by atoms with Crippen LogP contribution in [0.15, 0.2) is 42.9 Å². The zero-order valence-corrected chi connectivity index (χ0v) is 16.2. The Hall–Kier alpha value is -3.20. The van der Waals surface area contributed by atoms with Gasteiger partial charge in [-0.05, 0) is 35.6 Å². The summed E-state index contributed by atoms with van der Waals surface area (Å²) in [5.74, 6) is 0.792. The van der Waals surface area contributed by atoms with E-state index in [2.05, 4.69) is 23.1 Å². The highest BCUT2D eigenvalue weighted by atomic mass is 16.2. The maximum absolute atomic E-state index is 12.9. The van der Waals surface area contributed by atoms with Crippen LogP contribution in [0.5, 0.6) is 0 Å². The molecule has 2 unspecified atom stereocenters. The number of piperidine rings is 1. The van der Waals surface area contributed by atoms with E-state index in [-0.39, 0.29) is 11.8 Å². The second kappa shape index (κ2) is 7.43. The Labute approximate surface area is 164 Å². The van der Waals surface area contributed by atoms with Gasteiger partial charge in [-0.1, -0.05) is 19.1 Å². The van der Waals surface area contributed by atoms with Crippen molar-refractivity contribution in [2.45, 2.75) is 25.7 Å². The number of carbonyl (C=O) groups is 1. The number of hydrogen-bond acceptors (Lipinski definition) is 4. The van der Waals surface area contributed by atoms with Crippen molar-refractivity contribution >= 4 is 16.8 Å². The molecule has 1 fully saturated rings. The van der Waals surface area contributed by atoms with Crippen molar-refractivity contribution in [2.24, 2.45) is 13.0 Å². The average molecular weight is 373 g/mol. The van der Waals surface area contributed by atoms with E-state index in [1.807, 2.05) is 42.4 Å². The first kappa shape index (κ1) is 18.2. The zero-order valence-electron chi connectivity index (χ0n) is 16.2. The summed E-state index contributed by atoms with van der Waals surface area (Å²) >= 11 is 0. The largest absolute Gasteiger partial charge is 0.342 e. The molecule has 28 heavy (non-hydrogen) atoms. The number of hydrogen-bond donors (Lipinski definition) is 0. The third kappa shape index (κ3) is 3.48. The van der Waals surface area contributed by atoms with Crippen LogP contribution >= 0.6 is 0 Å². The lowest BCUT2D eigenvalue weighted by Crippen LogP contribution is -2.43. The van der Waals surface area contributed by atoms with Crippen LogP contribution in [0.1, 0.15) is 36.0 Å². The molecule has 0 N–H and O–H groups in total. The Morgan fingerprint density at radius 1 is 1.32 bits per heavy atom. The number of rotatable bonds is 3. The van der Waals surface area contributed by atoms with Gasteiger partial charge in [-0.2, -0.15) is 10.4 Å². The van der Waals surface area contributed by atoms with Gasteiger partial charge in [-0.3, -0.25) is 14.5 Å². The first-order chi connectivity index (χ1) is 13.5. The number of carbonyl (C=O) groups excluding carboxylic acids is 1. The molecule has 0 aliphatic carbocycles. The second-order valence-electron chi connectivity index (χ2n) is 7.75. The molecule has 1 amide bonds. The molecule has 1 saturated heterocycles. The number of amides is 1. The lowest BCUT2D eigenvalue weighted by molar-refractivity contribution is -0.132. The highest BCUT2D eigenvalue weighted by Crippen LogP contribution is 2.35. The Morgan fingerprint density at radius 3 is 2.93 bits per heavy atom. The van der Waals surface area contributed by atoms with Gasteiger partial charge < -0.3 is 4.90 Å². The minimum Gasteiger partial charge on any atom is -0.342 e. The number of fused-ring (bicyclic) bond motifs is 1. The Bertz CT molecular complexity index is 1060. The van der Waals surface area contributed by atoms with Crippen molar-refractivity contribution < 1.29 is 4.79 Å². The van der Waals surface area contributed by atoms with Gasteiger partial charge >= 0.3 is 0 Å². The number of aromatic nitrogens is 3. The molecule has 0 bridgehead atoms. The Morgan fingerprint density at radius 2 is 2.18 bits per heavy atom. The van der Waals surface area contributed by atoms with Crippen LogP contribution in [-0.2, 0) is 18.3 Å². The maximum atomic E-state index is 12.9. The van der Waals surface area contributed by atoms with Crippen molar-refractivity contribution in [1.82, 2.24) is 19.7 Å². The lowest BCUT2D eigenvalue weighted by Gasteiger charge is -2.37. The van der Waals surface area contributed by atoms with E-state index in [1.165, 1.54) is 5.56 Å². The van der Waals surface area contributed by atoms with E-state index in [1.54, 1.807) is 17.1 Å². The van der Waals surface area contributed by atoms with Crippen LogP contribution in [-0.4, -0.2) is 38.7 Å². The monoisotopic (exact) mass is 373 g/mol. The van der Waals surface area contributed by atoms with E-state index in [0.29, 0.717) is 24.4 Å². The number of nitrogens with zero attached hydrogens (tertiary/aromatic N) is 5. The molecule has 1 aliphatic rings. The lowest BCUT2D eigenvalue weighted by atomic mass is 9.83. The van der Waals surface area contributed by atoms with Crippen molar-refractivity contribution in [1.29, 1.82) is 5.26 Å². The molecule has 2 atom stereocenters. The van der Waals surface area contributed by atoms with Crippen LogP contribution < -0.4 is 0 Å².